The molecule has 0 aliphatic carbocycles. The third-order valence-electron chi connectivity index (χ3n) is 6.91. The molecule has 0 atom stereocenters. The van der Waals surface area contributed by atoms with Gasteiger partial charge in [0.2, 0.25) is 15.9 Å². The van der Waals surface area contributed by atoms with Crippen molar-refractivity contribution in [1.82, 2.24) is 19.4 Å². The number of benzene rings is 3. The normalized spacial score (nSPS) is 13.9. The maximum absolute atomic E-state index is 14.2. The summed E-state index contributed by atoms with van der Waals surface area (Å²) in [7, 11) is -4.25. The number of amides is 1. The average Bonchev–Trinajstić information content (AvgIpc) is 3.34. The van der Waals surface area contributed by atoms with Crippen LogP contribution in [-0.2, 0) is 14.8 Å². The van der Waals surface area contributed by atoms with E-state index in [2.05, 4.69) is 20.0 Å². The number of nitrogens with one attached hydrogen (secondary N) is 2. The van der Waals surface area contributed by atoms with Gasteiger partial charge in [-0.05, 0) is 49.4 Å². The summed E-state index contributed by atoms with van der Waals surface area (Å²) < 4.78 is 56.9. The molecular weight excluding hydrogens is 593 g/mol. The number of carbonyl (C=O) groups excluding carboxylic acids is 1. The Labute approximate surface area is 253 Å². The predicted octanol–water partition coefficient (Wildman–Crippen LogP) is 3.67. The minimum absolute atomic E-state index is 0.0125. The van der Waals surface area contributed by atoms with Gasteiger partial charge in [0.05, 0.1) is 24.5 Å². The number of carboxylic acid groups (broad SMARTS) is 1. The molecule has 230 valence electrons. The lowest BCUT2D eigenvalue weighted by molar-refractivity contribution is 0.0390. The summed E-state index contributed by atoms with van der Waals surface area (Å²) in [5, 5.41) is 16.4. The molecule has 0 bridgehead atoms. The quantitative estimate of drug-likeness (QED) is 0.227. The van der Waals surface area contributed by atoms with Crippen LogP contribution in [0.1, 0.15) is 26.4 Å². The van der Waals surface area contributed by atoms with Crippen molar-refractivity contribution in [3.8, 4) is 17.3 Å². The zero-order chi connectivity index (χ0) is 31.3. The number of carbonyl (C=O) groups is 2. The minimum atomic E-state index is -4.25. The fourth-order valence-electron chi connectivity index (χ4n) is 4.62. The second kappa shape index (κ2) is 13.3. The van der Waals surface area contributed by atoms with Gasteiger partial charge in [-0.2, -0.15) is 9.78 Å². The van der Waals surface area contributed by atoms with Crippen molar-refractivity contribution >= 4 is 27.6 Å². The SMILES string of the molecule is Cc1c(C(=O)O)nn(-c2ccccc2)c1Oc1ccc(NC(=O)c2ccccc2F)cc1S(=O)(=O)NCCN1CCOCC1. The van der Waals surface area contributed by atoms with Crippen LogP contribution in [0.25, 0.3) is 5.69 Å². The van der Waals surface area contributed by atoms with Crippen molar-refractivity contribution in [2.24, 2.45) is 0 Å². The molecule has 1 aliphatic rings. The van der Waals surface area contributed by atoms with Gasteiger partial charge in [0, 0.05) is 37.4 Å². The van der Waals surface area contributed by atoms with Gasteiger partial charge >= 0.3 is 5.97 Å². The lowest BCUT2D eigenvalue weighted by Crippen LogP contribution is -2.41. The number of aromatic nitrogens is 2. The lowest BCUT2D eigenvalue weighted by atomic mass is 10.2. The number of hydrogen-bond acceptors (Lipinski definition) is 8. The molecule has 4 aromatic rings. The predicted molar refractivity (Wildman–Crippen MR) is 159 cm³/mol. The Kier molecular flexibility index (Phi) is 9.35. The molecular formula is C30H30FN5O7S. The smallest absolute Gasteiger partial charge is 0.356 e. The summed E-state index contributed by atoms with van der Waals surface area (Å²) >= 11 is 0. The van der Waals surface area contributed by atoms with Gasteiger partial charge in [-0.25, -0.2) is 22.3 Å². The number of halogens is 1. The fraction of sp³-hybridized carbons (Fsp3) is 0.233. The van der Waals surface area contributed by atoms with E-state index in [4.69, 9.17) is 9.47 Å². The molecule has 0 spiro atoms. The minimum Gasteiger partial charge on any atom is -0.476 e. The molecule has 0 radical (unpaired) electrons. The van der Waals surface area contributed by atoms with Crippen LogP contribution >= 0.6 is 0 Å². The standard InChI is InChI=1S/C30H30FN5O7S/c1-20-27(30(38)39)34-36(22-7-3-2-4-8-22)29(20)43-25-12-11-21(33-28(37)23-9-5-6-10-24(23)31)19-26(25)44(40,41)32-13-14-35-15-17-42-18-16-35/h2-12,19,32H,13-18H2,1H3,(H,33,37)(H,38,39). The number of carboxylic acids is 1. The topological polar surface area (TPSA) is 152 Å². The van der Waals surface area contributed by atoms with E-state index in [-0.39, 0.29) is 45.6 Å². The molecule has 44 heavy (non-hydrogen) atoms. The highest BCUT2D eigenvalue weighted by Gasteiger charge is 2.27. The first-order chi connectivity index (χ1) is 21.1. The van der Waals surface area contributed by atoms with E-state index in [1.807, 2.05) is 0 Å². The molecule has 3 N–H and O–H groups in total. The van der Waals surface area contributed by atoms with Crippen LogP contribution in [0.4, 0.5) is 10.1 Å². The Morgan fingerprint density at radius 2 is 1.75 bits per heavy atom. The van der Waals surface area contributed by atoms with Crippen molar-refractivity contribution in [2.45, 2.75) is 11.8 Å². The molecule has 1 aliphatic heterocycles. The second-order valence-electron chi connectivity index (χ2n) is 9.88. The van der Waals surface area contributed by atoms with Crippen molar-refractivity contribution in [3.63, 3.8) is 0 Å². The Balaban J connectivity index is 1.51. The van der Waals surface area contributed by atoms with Gasteiger partial charge < -0.3 is 19.9 Å². The van der Waals surface area contributed by atoms with Gasteiger partial charge in [0.25, 0.3) is 5.91 Å². The third kappa shape index (κ3) is 6.94. The molecule has 3 aromatic carbocycles. The van der Waals surface area contributed by atoms with Crippen LogP contribution in [0.3, 0.4) is 0 Å². The Hall–Kier alpha value is -4.63. The first-order valence-electron chi connectivity index (χ1n) is 13.7. The number of aromatic carboxylic acids is 1. The molecule has 14 heteroatoms. The number of rotatable bonds is 11. The van der Waals surface area contributed by atoms with E-state index < -0.39 is 27.7 Å². The van der Waals surface area contributed by atoms with Crippen LogP contribution in [0, 0.1) is 12.7 Å². The monoisotopic (exact) mass is 623 g/mol. The summed E-state index contributed by atoms with van der Waals surface area (Å²) in [5.41, 5.74) is 0.232. The number of morpholine rings is 1. The first kappa shape index (κ1) is 30.8. The number of nitrogens with zero attached hydrogens (tertiary/aromatic N) is 3. The Morgan fingerprint density at radius 3 is 2.45 bits per heavy atom. The molecule has 2 heterocycles. The van der Waals surface area contributed by atoms with E-state index >= 15 is 0 Å². The highest BCUT2D eigenvalue weighted by atomic mass is 32.2. The molecule has 0 saturated carbocycles. The second-order valence-corrected chi connectivity index (χ2v) is 11.6. The van der Waals surface area contributed by atoms with Crippen LogP contribution in [0.15, 0.2) is 77.7 Å². The van der Waals surface area contributed by atoms with Crippen LogP contribution in [0.2, 0.25) is 0 Å². The van der Waals surface area contributed by atoms with Crippen molar-refractivity contribution in [3.05, 3.63) is 95.4 Å². The van der Waals surface area contributed by atoms with Gasteiger partial charge in [-0.3, -0.25) is 9.69 Å². The summed E-state index contributed by atoms with van der Waals surface area (Å²) in [6.07, 6.45) is 0. The molecule has 0 unspecified atom stereocenters. The van der Waals surface area contributed by atoms with Crippen molar-refractivity contribution < 1.29 is 37.0 Å². The summed E-state index contributed by atoms with van der Waals surface area (Å²) in [6, 6.07) is 18.0. The van der Waals surface area contributed by atoms with E-state index in [0.717, 1.165) is 6.07 Å². The zero-order valence-electron chi connectivity index (χ0n) is 23.7. The fourth-order valence-corrected chi connectivity index (χ4v) is 5.79. The molecule has 1 saturated heterocycles. The van der Waals surface area contributed by atoms with Crippen molar-refractivity contribution in [1.29, 1.82) is 0 Å². The van der Waals surface area contributed by atoms with Gasteiger partial charge in [-0.15, -0.1) is 0 Å². The van der Waals surface area contributed by atoms with Gasteiger partial charge in [-0.1, -0.05) is 30.3 Å². The van der Waals surface area contributed by atoms with E-state index in [1.54, 1.807) is 30.3 Å². The summed E-state index contributed by atoms with van der Waals surface area (Å²) in [6.45, 7) is 4.47. The zero-order valence-corrected chi connectivity index (χ0v) is 24.5. The molecule has 1 amide bonds. The highest BCUT2D eigenvalue weighted by molar-refractivity contribution is 7.89. The Bertz CT molecular complexity index is 1770. The van der Waals surface area contributed by atoms with E-state index in [0.29, 0.717) is 38.5 Å². The number of hydrogen-bond donors (Lipinski definition) is 3. The van der Waals surface area contributed by atoms with Crippen LogP contribution in [0.5, 0.6) is 11.6 Å². The number of anilines is 1. The summed E-state index contributed by atoms with van der Waals surface area (Å²) in [5.74, 6) is -2.96. The third-order valence-corrected chi connectivity index (χ3v) is 8.39. The molecule has 1 aromatic heterocycles. The maximum atomic E-state index is 14.2. The summed E-state index contributed by atoms with van der Waals surface area (Å²) in [4.78, 5) is 26.4. The van der Waals surface area contributed by atoms with Gasteiger partial charge in [0.1, 0.15) is 16.5 Å². The van der Waals surface area contributed by atoms with Gasteiger partial charge in [0.15, 0.2) is 5.69 Å². The number of para-hydroxylation sites is 1. The maximum Gasteiger partial charge on any atom is 0.356 e. The van der Waals surface area contributed by atoms with E-state index in [9.17, 15) is 27.5 Å². The first-order valence-corrected chi connectivity index (χ1v) is 15.2. The molecule has 1 fully saturated rings. The Morgan fingerprint density at radius 1 is 1.05 bits per heavy atom. The lowest BCUT2D eigenvalue weighted by Gasteiger charge is -2.26. The highest BCUT2D eigenvalue weighted by Crippen LogP contribution is 2.35. The largest absolute Gasteiger partial charge is 0.476 e. The van der Waals surface area contributed by atoms with Crippen LogP contribution in [-0.4, -0.2) is 79.5 Å². The van der Waals surface area contributed by atoms with Crippen molar-refractivity contribution in [2.75, 3.05) is 44.7 Å². The molecule has 12 nitrogen and oxygen atoms in total. The number of ether oxygens (including phenoxy) is 2. The van der Waals surface area contributed by atoms with E-state index in [1.165, 1.54) is 48.0 Å². The average molecular weight is 624 g/mol. The van der Waals surface area contributed by atoms with Crippen LogP contribution < -0.4 is 14.8 Å². The number of sulfonamides is 1. The molecule has 5 rings (SSSR count).